The molecule has 0 radical (unpaired) electrons. The highest BCUT2D eigenvalue weighted by molar-refractivity contribution is 6.10. The molecule has 0 spiro atoms. The maximum absolute atomic E-state index is 13.0. The zero-order valence-corrected chi connectivity index (χ0v) is 19.5. The summed E-state index contributed by atoms with van der Waals surface area (Å²) in [4.78, 5) is 24.6. The molecular weight excluding hydrogens is 483 g/mol. The van der Waals surface area contributed by atoms with Crippen molar-refractivity contribution in [3.05, 3.63) is 107 Å². The van der Waals surface area contributed by atoms with E-state index in [0.717, 1.165) is 28.6 Å². The fraction of sp³-hybridized carbons (Fsp3) is 0.107. The van der Waals surface area contributed by atoms with Crippen LogP contribution in [0.4, 0.5) is 18.9 Å². The number of methoxy groups -OCH3 is 1. The Hall–Kier alpha value is -4.84. The third-order valence-corrected chi connectivity index (χ3v) is 5.63. The number of carbonyl (C=O) groups is 2. The number of anilines is 1. The number of nitriles is 1. The Balaban J connectivity index is 1.65. The summed E-state index contributed by atoms with van der Waals surface area (Å²) < 4.78 is 45.7. The number of carbonyl (C=O) groups excluding carboxylic acids is 2. The smallest absolute Gasteiger partial charge is 0.416 e. The third kappa shape index (κ3) is 5.70. The van der Waals surface area contributed by atoms with E-state index in [0.29, 0.717) is 17.7 Å². The molecule has 0 fully saturated rings. The number of halogens is 3. The summed E-state index contributed by atoms with van der Waals surface area (Å²) in [5.41, 5.74) is 1.40. The topological polar surface area (TPSA) is 84.1 Å². The number of esters is 1. The Morgan fingerprint density at radius 2 is 1.81 bits per heavy atom. The van der Waals surface area contributed by atoms with E-state index in [9.17, 15) is 28.0 Å². The predicted molar refractivity (Wildman–Crippen MR) is 132 cm³/mol. The molecule has 1 amide bonds. The van der Waals surface area contributed by atoms with Gasteiger partial charge in [0.05, 0.1) is 18.2 Å². The summed E-state index contributed by atoms with van der Waals surface area (Å²) in [5.74, 6) is -1.28. The molecule has 0 aliphatic carbocycles. The van der Waals surface area contributed by atoms with Crippen molar-refractivity contribution in [3.8, 4) is 6.07 Å². The van der Waals surface area contributed by atoms with Crippen molar-refractivity contribution in [2.24, 2.45) is 0 Å². The van der Waals surface area contributed by atoms with Crippen LogP contribution in [0.2, 0.25) is 0 Å². The monoisotopic (exact) mass is 503 g/mol. The molecule has 0 saturated heterocycles. The van der Waals surface area contributed by atoms with Crippen molar-refractivity contribution in [1.29, 1.82) is 5.26 Å². The van der Waals surface area contributed by atoms with Crippen LogP contribution in [-0.2, 0) is 22.3 Å². The van der Waals surface area contributed by atoms with Crippen LogP contribution in [0.5, 0.6) is 0 Å². The molecule has 3 aromatic carbocycles. The number of hydrogen-bond acceptors (Lipinski definition) is 4. The summed E-state index contributed by atoms with van der Waals surface area (Å²) in [7, 11) is 1.31. The SMILES string of the molecule is COC(=O)c1cccc(Cn2cc(C=C(C#N)C(=O)Nc3cccc(C(F)(F)F)c3)c3ccccc32)c1. The van der Waals surface area contributed by atoms with Crippen LogP contribution >= 0.6 is 0 Å². The van der Waals surface area contributed by atoms with Gasteiger partial charge in [0.2, 0.25) is 0 Å². The van der Waals surface area contributed by atoms with E-state index >= 15 is 0 Å². The predicted octanol–water partition coefficient (Wildman–Crippen LogP) is 6.04. The first kappa shape index (κ1) is 25.3. The standard InChI is InChI=1S/C28H20F3N3O3/c1-37-27(36)19-7-4-6-18(12-19)16-34-17-21(24-10-2-3-11-25(24)34)13-20(15-32)26(35)33-23-9-5-8-22(14-23)28(29,30)31/h2-14,17H,16H2,1H3,(H,33,35). The van der Waals surface area contributed by atoms with Crippen molar-refractivity contribution in [1.82, 2.24) is 4.57 Å². The molecule has 0 unspecified atom stereocenters. The quantitative estimate of drug-likeness (QED) is 0.198. The minimum absolute atomic E-state index is 0.0751. The summed E-state index contributed by atoms with van der Waals surface area (Å²) in [6.07, 6.45) is -1.40. The Morgan fingerprint density at radius 3 is 2.54 bits per heavy atom. The fourth-order valence-corrected chi connectivity index (χ4v) is 3.91. The number of hydrogen-bond donors (Lipinski definition) is 1. The van der Waals surface area contributed by atoms with Crippen LogP contribution in [0.3, 0.4) is 0 Å². The number of ether oxygens (including phenoxy) is 1. The molecule has 4 aromatic rings. The molecule has 0 aliphatic rings. The fourth-order valence-electron chi connectivity index (χ4n) is 3.91. The van der Waals surface area contributed by atoms with Gasteiger partial charge in [-0.15, -0.1) is 0 Å². The third-order valence-electron chi connectivity index (χ3n) is 5.63. The van der Waals surface area contributed by atoms with Gasteiger partial charge in [0.25, 0.3) is 5.91 Å². The maximum Gasteiger partial charge on any atom is 0.416 e. The number of alkyl halides is 3. The van der Waals surface area contributed by atoms with Crippen LogP contribution in [0.1, 0.15) is 27.0 Å². The van der Waals surface area contributed by atoms with Gasteiger partial charge in [-0.3, -0.25) is 4.79 Å². The number of nitrogens with one attached hydrogen (secondary N) is 1. The Morgan fingerprint density at radius 1 is 1.05 bits per heavy atom. The van der Waals surface area contributed by atoms with E-state index in [4.69, 9.17) is 4.74 Å². The first-order valence-corrected chi connectivity index (χ1v) is 11.0. The Kier molecular flexibility index (Phi) is 7.11. The van der Waals surface area contributed by atoms with Gasteiger partial charge in [0.15, 0.2) is 0 Å². The molecule has 37 heavy (non-hydrogen) atoms. The van der Waals surface area contributed by atoms with Crippen molar-refractivity contribution in [2.45, 2.75) is 12.7 Å². The molecular formula is C28H20F3N3O3. The molecule has 1 heterocycles. The van der Waals surface area contributed by atoms with E-state index in [1.165, 1.54) is 25.3 Å². The van der Waals surface area contributed by atoms with Gasteiger partial charge in [-0.25, -0.2) is 4.79 Å². The van der Waals surface area contributed by atoms with Gasteiger partial charge < -0.3 is 14.6 Å². The number of aromatic nitrogens is 1. The average molecular weight is 503 g/mol. The maximum atomic E-state index is 13.0. The van der Waals surface area contributed by atoms with Gasteiger partial charge in [0.1, 0.15) is 11.6 Å². The van der Waals surface area contributed by atoms with Crippen molar-refractivity contribution in [3.63, 3.8) is 0 Å². The molecule has 0 bridgehead atoms. The van der Waals surface area contributed by atoms with E-state index in [1.54, 1.807) is 24.4 Å². The van der Waals surface area contributed by atoms with Crippen LogP contribution < -0.4 is 5.32 Å². The minimum Gasteiger partial charge on any atom is -0.465 e. The molecule has 9 heteroatoms. The van der Waals surface area contributed by atoms with E-state index in [1.807, 2.05) is 41.0 Å². The summed E-state index contributed by atoms with van der Waals surface area (Å²) in [5, 5.41) is 12.8. The molecule has 6 nitrogen and oxygen atoms in total. The highest BCUT2D eigenvalue weighted by Gasteiger charge is 2.30. The zero-order valence-electron chi connectivity index (χ0n) is 19.5. The second-order valence-electron chi connectivity index (χ2n) is 8.12. The largest absolute Gasteiger partial charge is 0.465 e. The van der Waals surface area contributed by atoms with Gasteiger partial charge in [-0.2, -0.15) is 18.4 Å². The summed E-state index contributed by atoms with van der Waals surface area (Å²) >= 11 is 0. The normalized spacial score (nSPS) is 11.7. The first-order valence-electron chi connectivity index (χ1n) is 11.0. The molecule has 0 saturated carbocycles. The molecule has 186 valence electrons. The lowest BCUT2D eigenvalue weighted by molar-refractivity contribution is -0.137. The Labute approximate surface area is 210 Å². The zero-order chi connectivity index (χ0) is 26.6. The van der Waals surface area contributed by atoms with Gasteiger partial charge in [-0.1, -0.05) is 36.4 Å². The van der Waals surface area contributed by atoms with Crippen LogP contribution in [0, 0.1) is 11.3 Å². The number of para-hydroxylation sites is 1. The van der Waals surface area contributed by atoms with Crippen molar-refractivity contribution < 1.29 is 27.5 Å². The van der Waals surface area contributed by atoms with E-state index < -0.39 is 23.6 Å². The van der Waals surface area contributed by atoms with Crippen LogP contribution in [0.25, 0.3) is 17.0 Å². The molecule has 1 aromatic heterocycles. The number of benzene rings is 3. The van der Waals surface area contributed by atoms with E-state index in [-0.39, 0.29) is 11.3 Å². The van der Waals surface area contributed by atoms with E-state index in [2.05, 4.69) is 5.32 Å². The molecule has 4 rings (SSSR count). The minimum atomic E-state index is -4.56. The second kappa shape index (κ2) is 10.4. The number of rotatable bonds is 6. The Bertz CT molecular complexity index is 1560. The summed E-state index contributed by atoms with van der Waals surface area (Å²) in [6.45, 7) is 0.400. The first-order chi connectivity index (χ1) is 17.7. The number of amides is 1. The molecule has 1 N–H and O–H groups in total. The number of nitrogens with zero attached hydrogens (tertiary/aromatic N) is 2. The lowest BCUT2D eigenvalue weighted by Crippen LogP contribution is -2.14. The summed E-state index contributed by atoms with van der Waals surface area (Å²) in [6, 6.07) is 20.4. The lowest BCUT2D eigenvalue weighted by atomic mass is 10.1. The van der Waals surface area contributed by atoms with Gasteiger partial charge in [-0.05, 0) is 48.0 Å². The van der Waals surface area contributed by atoms with Crippen molar-refractivity contribution in [2.75, 3.05) is 12.4 Å². The molecule has 0 atom stereocenters. The lowest BCUT2D eigenvalue weighted by Gasteiger charge is -2.09. The van der Waals surface area contributed by atoms with Gasteiger partial charge >= 0.3 is 12.1 Å². The second-order valence-corrected chi connectivity index (χ2v) is 8.12. The van der Waals surface area contributed by atoms with Crippen LogP contribution in [0.15, 0.2) is 84.6 Å². The van der Waals surface area contributed by atoms with Gasteiger partial charge in [0, 0.05) is 34.9 Å². The van der Waals surface area contributed by atoms with Crippen molar-refractivity contribution >= 4 is 34.5 Å². The highest BCUT2D eigenvalue weighted by Crippen LogP contribution is 2.31. The average Bonchev–Trinajstić information content (AvgIpc) is 3.23. The molecule has 0 aliphatic heterocycles. The highest BCUT2D eigenvalue weighted by atomic mass is 19.4. The van der Waals surface area contributed by atoms with Crippen LogP contribution in [-0.4, -0.2) is 23.6 Å². The number of fused-ring (bicyclic) bond motifs is 1.